The minimum Gasteiger partial charge on any atom is -0.369 e. The number of carbonyl (C=O) groups excluding carboxylic acids is 2. The molecule has 2 aliphatic heterocycles. The van der Waals surface area contributed by atoms with Crippen LogP contribution < -0.4 is 4.90 Å². The first kappa shape index (κ1) is 19.9. The molecule has 2 aliphatic rings. The SMILES string of the molecule is CC(=O)c1ccc(N2CCN([C@@H](C)C(=O)N3C[C@H](C)C[C@H](C)C3)CC2)cc1. The maximum absolute atomic E-state index is 13.0. The molecule has 5 heteroatoms. The van der Waals surface area contributed by atoms with Crippen LogP contribution in [0, 0.1) is 11.8 Å². The summed E-state index contributed by atoms with van der Waals surface area (Å²) in [5.74, 6) is 1.58. The van der Waals surface area contributed by atoms with Crippen LogP contribution in [0.15, 0.2) is 24.3 Å². The zero-order chi connectivity index (χ0) is 19.6. The van der Waals surface area contributed by atoms with Gasteiger partial charge in [0.1, 0.15) is 0 Å². The molecule has 3 atom stereocenters. The van der Waals surface area contributed by atoms with Gasteiger partial charge in [-0.25, -0.2) is 0 Å². The Morgan fingerprint density at radius 2 is 1.52 bits per heavy atom. The molecule has 0 saturated carbocycles. The molecule has 1 amide bonds. The van der Waals surface area contributed by atoms with Crippen LogP contribution in [0.25, 0.3) is 0 Å². The Kier molecular flexibility index (Phi) is 6.20. The van der Waals surface area contributed by atoms with Crippen LogP contribution in [0.2, 0.25) is 0 Å². The van der Waals surface area contributed by atoms with Crippen molar-refractivity contribution in [2.75, 3.05) is 44.2 Å². The number of piperazine rings is 1. The average molecular weight is 372 g/mol. The molecule has 2 saturated heterocycles. The summed E-state index contributed by atoms with van der Waals surface area (Å²) < 4.78 is 0. The zero-order valence-electron chi connectivity index (χ0n) is 17.1. The lowest BCUT2D eigenvalue weighted by Crippen LogP contribution is -2.56. The summed E-state index contributed by atoms with van der Waals surface area (Å²) in [5.41, 5.74) is 1.90. The van der Waals surface area contributed by atoms with Crippen molar-refractivity contribution in [2.45, 2.75) is 40.2 Å². The quantitative estimate of drug-likeness (QED) is 0.764. The van der Waals surface area contributed by atoms with Gasteiger partial charge >= 0.3 is 0 Å². The fourth-order valence-electron chi connectivity index (χ4n) is 4.54. The second kappa shape index (κ2) is 8.42. The van der Waals surface area contributed by atoms with Crippen LogP contribution in [0.4, 0.5) is 5.69 Å². The van der Waals surface area contributed by atoms with E-state index in [1.54, 1.807) is 6.92 Å². The average Bonchev–Trinajstić information content (AvgIpc) is 2.66. The number of Topliss-reactive ketones (excluding diaryl/α,β-unsaturated/α-hetero) is 1. The lowest BCUT2D eigenvalue weighted by molar-refractivity contribution is -0.139. The van der Waals surface area contributed by atoms with E-state index in [2.05, 4.69) is 35.5 Å². The van der Waals surface area contributed by atoms with Crippen molar-refractivity contribution in [1.29, 1.82) is 0 Å². The second-order valence-corrected chi connectivity index (χ2v) is 8.49. The number of piperidine rings is 1. The van der Waals surface area contributed by atoms with Crippen LogP contribution in [0.1, 0.15) is 44.5 Å². The molecule has 2 fully saturated rings. The fraction of sp³-hybridized carbons (Fsp3) is 0.636. The molecule has 3 rings (SSSR count). The molecule has 0 radical (unpaired) electrons. The van der Waals surface area contributed by atoms with Crippen molar-refractivity contribution in [3.8, 4) is 0 Å². The first-order valence-electron chi connectivity index (χ1n) is 10.2. The van der Waals surface area contributed by atoms with Gasteiger partial charge in [-0.1, -0.05) is 13.8 Å². The van der Waals surface area contributed by atoms with Crippen LogP contribution in [-0.2, 0) is 4.79 Å². The van der Waals surface area contributed by atoms with Gasteiger partial charge in [0.15, 0.2) is 5.78 Å². The normalized spacial score (nSPS) is 25.3. The summed E-state index contributed by atoms with van der Waals surface area (Å²) >= 11 is 0. The first-order chi connectivity index (χ1) is 12.8. The van der Waals surface area contributed by atoms with E-state index >= 15 is 0 Å². The van der Waals surface area contributed by atoms with Gasteiger partial charge in [0.2, 0.25) is 5.91 Å². The summed E-state index contributed by atoms with van der Waals surface area (Å²) in [7, 11) is 0. The Hall–Kier alpha value is -1.88. The van der Waals surface area contributed by atoms with Crippen LogP contribution in [-0.4, -0.2) is 66.8 Å². The maximum Gasteiger partial charge on any atom is 0.239 e. The molecule has 0 unspecified atom stereocenters. The van der Waals surface area contributed by atoms with Crippen molar-refractivity contribution in [1.82, 2.24) is 9.80 Å². The number of nitrogens with zero attached hydrogens (tertiary/aromatic N) is 3. The molecule has 1 aromatic carbocycles. The molecule has 0 N–H and O–H groups in total. The monoisotopic (exact) mass is 371 g/mol. The van der Waals surface area contributed by atoms with Gasteiger partial charge in [0, 0.05) is 50.5 Å². The minimum absolute atomic E-state index is 0.0512. The smallest absolute Gasteiger partial charge is 0.239 e. The highest BCUT2D eigenvalue weighted by atomic mass is 16.2. The van der Waals surface area contributed by atoms with Gasteiger partial charge in [-0.05, 0) is 56.4 Å². The Bertz CT molecular complexity index is 655. The van der Waals surface area contributed by atoms with Crippen molar-refractivity contribution < 1.29 is 9.59 Å². The Morgan fingerprint density at radius 3 is 2.04 bits per heavy atom. The Labute approximate surface area is 163 Å². The third-order valence-electron chi connectivity index (χ3n) is 6.04. The molecule has 5 nitrogen and oxygen atoms in total. The van der Waals surface area contributed by atoms with E-state index in [4.69, 9.17) is 0 Å². The maximum atomic E-state index is 13.0. The number of carbonyl (C=O) groups is 2. The zero-order valence-corrected chi connectivity index (χ0v) is 17.1. The highest BCUT2D eigenvalue weighted by molar-refractivity contribution is 5.94. The summed E-state index contributed by atoms with van der Waals surface area (Å²) in [6, 6.07) is 7.79. The van der Waals surface area contributed by atoms with Gasteiger partial charge < -0.3 is 9.80 Å². The molecular weight excluding hydrogens is 338 g/mol. The molecule has 148 valence electrons. The van der Waals surface area contributed by atoms with Gasteiger partial charge in [0.25, 0.3) is 0 Å². The molecule has 1 aromatic rings. The number of anilines is 1. The van der Waals surface area contributed by atoms with Crippen molar-refractivity contribution in [3.63, 3.8) is 0 Å². The lowest BCUT2D eigenvalue weighted by atomic mass is 9.91. The third kappa shape index (κ3) is 4.70. The molecule has 0 spiro atoms. The van der Waals surface area contributed by atoms with E-state index < -0.39 is 0 Å². The highest BCUT2D eigenvalue weighted by Crippen LogP contribution is 2.23. The van der Waals surface area contributed by atoms with Crippen LogP contribution in [0.5, 0.6) is 0 Å². The standard InChI is InChI=1S/C22H33N3O2/c1-16-13-17(2)15-25(14-16)22(27)18(3)23-9-11-24(12-10-23)21-7-5-20(6-8-21)19(4)26/h5-8,16-18H,9-15H2,1-4H3/t16-,17+,18-/m0/s1. The lowest BCUT2D eigenvalue weighted by Gasteiger charge is -2.42. The van der Waals surface area contributed by atoms with E-state index in [0.717, 1.165) is 50.5 Å². The van der Waals surface area contributed by atoms with E-state index in [1.807, 2.05) is 24.3 Å². The van der Waals surface area contributed by atoms with E-state index in [-0.39, 0.29) is 17.7 Å². The number of likely N-dealkylation sites (tertiary alicyclic amines) is 1. The molecular formula is C22H33N3O2. The Balaban J connectivity index is 1.55. The van der Waals surface area contributed by atoms with Crippen molar-refractivity contribution in [3.05, 3.63) is 29.8 Å². The highest BCUT2D eigenvalue weighted by Gasteiger charge is 2.32. The summed E-state index contributed by atoms with van der Waals surface area (Å²) in [6.07, 6.45) is 1.22. The molecule has 27 heavy (non-hydrogen) atoms. The number of benzene rings is 1. The number of rotatable bonds is 4. The summed E-state index contributed by atoms with van der Waals surface area (Å²) in [6.45, 7) is 13.5. The fourth-order valence-corrected chi connectivity index (χ4v) is 4.54. The molecule has 0 bridgehead atoms. The van der Waals surface area contributed by atoms with Crippen LogP contribution in [0.3, 0.4) is 0 Å². The van der Waals surface area contributed by atoms with Crippen molar-refractivity contribution in [2.24, 2.45) is 11.8 Å². The number of ketones is 1. The Morgan fingerprint density at radius 1 is 0.963 bits per heavy atom. The number of amides is 1. The van der Waals surface area contributed by atoms with E-state index in [1.165, 1.54) is 6.42 Å². The van der Waals surface area contributed by atoms with Crippen LogP contribution >= 0.6 is 0 Å². The predicted octanol–water partition coefficient (Wildman–Crippen LogP) is 2.90. The number of hydrogen-bond acceptors (Lipinski definition) is 4. The van der Waals surface area contributed by atoms with E-state index in [9.17, 15) is 9.59 Å². The first-order valence-corrected chi connectivity index (χ1v) is 10.2. The van der Waals surface area contributed by atoms with Crippen molar-refractivity contribution >= 4 is 17.4 Å². The van der Waals surface area contributed by atoms with E-state index in [0.29, 0.717) is 11.8 Å². The number of hydrogen-bond donors (Lipinski definition) is 0. The van der Waals surface area contributed by atoms with Gasteiger partial charge in [0.05, 0.1) is 6.04 Å². The summed E-state index contributed by atoms with van der Waals surface area (Å²) in [5, 5.41) is 0. The largest absolute Gasteiger partial charge is 0.369 e. The summed E-state index contributed by atoms with van der Waals surface area (Å²) in [4.78, 5) is 31.1. The van der Waals surface area contributed by atoms with Gasteiger partial charge in [-0.15, -0.1) is 0 Å². The molecule has 0 aromatic heterocycles. The molecule has 0 aliphatic carbocycles. The third-order valence-corrected chi connectivity index (χ3v) is 6.04. The second-order valence-electron chi connectivity index (χ2n) is 8.49. The van der Waals surface area contributed by atoms with Gasteiger partial charge in [-0.2, -0.15) is 0 Å². The van der Waals surface area contributed by atoms with Gasteiger partial charge in [-0.3, -0.25) is 14.5 Å². The minimum atomic E-state index is -0.0512. The topological polar surface area (TPSA) is 43.9 Å². The predicted molar refractivity (Wildman–Crippen MR) is 109 cm³/mol. The molecule has 2 heterocycles.